The summed E-state index contributed by atoms with van der Waals surface area (Å²) in [5, 5.41) is 2.89. The molecule has 3 rings (SSSR count). The Morgan fingerprint density at radius 1 is 1.09 bits per heavy atom. The second kappa shape index (κ2) is 5.72. The smallest absolute Gasteiger partial charge is 0.326 e. The summed E-state index contributed by atoms with van der Waals surface area (Å²) in [6, 6.07) is 12.6. The van der Waals surface area contributed by atoms with Gasteiger partial charge in [0.15, 0.2) is 0 Å². The van der Waals surface area contributed by atoms with E-state index in [1.165, 1.54) is 12.1 Å². The van der Waals surface area contributed by atoms with Crippen molar-refractivity contribution in [3.8, 4) is 0 Å². The number of nitrogens with one attached hydrogen (secondary N) is 1. The van der Waals surface area contributed by atoms with E-state index < -0.39 is 11.7 Å². The lowest BCUT2D eigenvalue weighted by molar-refractivity contribution is -0.137. The van der Waals surface area contributed by atoms with Crippen molar-refractivity contribution in [3.63, 3.8) is 0 Å². The van der Waals surface area contributed by atoms with Gasteiger partial charge in [0.05, 0.1) is 5.56 Å². The largest absolute Gasteiger partial charge is 0.416 e. The third-order valence-electron chi connectivity index (χ3n) is 4.20. The molecule has 0 heterocycles. The lowest BCUT2D eigenvalue weighted by atomic mass is 10.1. The molecule has 0 aliphatic heterocycles. The number of benzene rings is 2. The van der Waals surface area contributed by atoms with Crippen molar-refractivity contribution in [1.29, 1.82) is 0 Å². The average Bonchev–Trinajstić information content (AvgIpc) is 3.29. The van der Waals surface area contributed by atoms with E-state index in [9.17, 15) is 18.0 Å². The number of anilines is 1. The molecule has 120 valence electrons. The Balaban J connectivity index is 1.65. The maximum atomic E-state index is 12.6. The van der Waals surface area contributed by atoms with E-state index in [1.807, 2.05) is 31.2 Å². The van der Waals surface area contributed by atoms with Gasteiger partial charge >= 0.3 is 6.18 Å². The van der Waals surface area contributed by atoms with Gasteiger partial charge in [-0.2, -0.15) is 13.2 Å². The Morgan fingerprint density at radius 2 is 1.74 bits per heavy atom. The van der Waals surface area contributed by atoms with Gasteiger partial charge in [-0.3, -0.25) is 4.79 Å². The number of alkyl halides is 3. The van der Waals surface area contributed by atoms with Crippen LogP contribution in [0.1, 0.15) is 29.0 Å². The summed E-state index contributed by atoms with van der Waals surface area (Å²) in [7, 11) is 0. The van der Waals surface area contributed by atoms with E-state index in [0.717, 1.165) is 28.9 Å². The zero-order valence-electron chi connectivity index (χ0n) is 12.5. The first-order valence-electron chi connectivity index (χ1n) is 7.40. The van der Waals surface area contributed by atoms with E-state index in [-0.39, 0.29) is 17.7 Å². The molecule has 1 aliphatic carbocycles. The molecule has 2 unspecified atom stereocenters. The summed E-state index contributed by atoms with van der Waals surface area (Å²) in [6.07, 6.45) is -3.66. The van der Waals surface area contributed by atoms with E-state index >= 15 is 0 Å². The van der Waals surface area contributed by atoms with Crippen LogP contribution in [0.3, 0.4) is 0 Å². The molecule has 1 saturated carbocycles. The lowest BCUT2D eigenvalue weighted by Gasteiger charge is -2.09. The van der Waals surface area contributed by atoms with Crippen LogP contribution in [-0.2, 0) is 11.0 Å². The predicted molar refractivity (Wildman–Crippen MR) is 82.1 cm³/mol. The molecule has 1 amide bonds. The Hall–Kier alpha value is -2.30. The highest BCUT2D eigenvalue weighted by Crippen LogP contribution is 2.48. The number of amides is 1. The van der Waals surface area contributed by atoms with Crippen LogP contribution < -0.4 is 5.32 Å². The standard InChI is InChI=1S/C18H16F3NO/c1-11-4-2-3-5-16(11)22-17(23)15-10-14(15)12-6-8-13(9-7-12)18(19,20)21/h2-9,14-15H,10H2,1H3,(H,22,23). The van der Waals surface area contributed by atoms with Crippen molar-refractivity contribution in [2.24, 2.45) is 5.92 Å². The molecule has 0 aromatic heterocycles. The van der Waals surface area contributed by atoms with Gasteiger partial charge in [0, 0.05) is 11.6 Å². The van der Waals surface area contributed by atoms with Gasteiger partial charge in [-0.1, -0.05) is 30.3 Å². The quantitative estimate of drug-likeness (QED) is 0.868. The molecule has 1 N–H and O–H groups in total. The van der Waals surface area contributed by atoms with Crippen LogP contribution >= 0.6 is 0 Å². The minimum atomic E-state index is -4.33. The number of rotatable bonds is 3. The first-order chi connectivity index (χ1) is 10.9. The van der Waals surface area contributed by atoms with E-state index in [0.29, 0.717) is 6.42 Å². The highest BCUT2D eigenvalue weighted by atomic mass is 19.4. The third-order valence-corrected chi connectivity index (χ3v) is 4.20. The maximum Gasteiger partial charge on any atom is 0.416 e. The molecule has 23 heavy (non-hydrogen) atoms. The first kappa shape index (κ1) is 15.6. The number of halogens is 3. The summed E-state index contributed by atoms with van der Waals surface area (Å²) in [5.74, 6) is -0.253. The van der Waals surface area contributed by atoms with Crippen molar-refractivity contribution in [2.75, 3.05) is 5.32 Å². The van der Waals surface area contributed by atoms with Crippen LogP contribution in [0.2, 0.25) is 0 Å². The van der Waals surface area contributed by atoms with Crippen molar-refractivity contribution in [1.82, 2.24) is 0 Å². The van der Waals surface area contributed by atoms with Gasteiger partial charge in [-0.15, -0.1) is 0 Å². The number of carbonyl (C=O) groups excluding carboxylic acids is 1. The van der Waals surface area contributed by atoms with Crippen LogP contribution in [0, 0.1) is 12.8 Å². The topological polar surface area (TPSA) is 29.1 Å². The molecule has 0 saturated heterocycles. The summed E-state index contributed by atoms with van der Waals surface area (Å²) >= 11 is 0. The molecule has 2 aromatic rings. The Labute approximate surface area is 132 Å². The molecular weight excluding hydrogens is 303 g/mol. The van der Waals surface area contributed by atoms with Crippen LogP contribution in [-0.4, -0.2) is 5.91 Å². The minimum absolute atomic E-state index is 0.00121. The number of carbonyl (C=O) groups is 1. The molecule has 0 bridgehead atoms. The van der Waals surface area contributed by atoms with Gasteiger partial charge in [0.1, 0.15) is 0 Å². The predicted octanol–water partition coefficient (Wildman–Crippen LogP) is 4.76. The average molecular weight is 319 g/mol. The zero-order valence-corrected chi connectivity index (χ0v) is 12.5. The Morgan fingerprint density at radius 3 is 2.35 bits per heavy atom. The van der Waals surface area contributed by atoms with E-state index in [4.69, 9.17) is 0 Å². The molecule has 1 aliphatic rings. The number of aryl methyl sites for hydroxylation is 1. The maximum absolute atomic E-state index is 12.6. The van der Waals surface area contributed by atoms with Gasteiger partial charge in [-0.25, -0.2) is 0 Å². The second-order valence-electron chi connectivity index (χ2n) is 5.87. The minimum Gasteiger partial charge on any atom is -0.326 e. The molecule has 0 spiro atoms. The molecule has 0 radical (unpaired) electrons. The Bertz CT molecular complexity index is 722. The van der Waals surface area contributed by atoms with Crippen molar-refractivity contribution in [2.45, 2.75) is 25.4 Å². The monoisotopic (exact) mass is 319 g/mol. The van der Waals surface area contributed by atoms with Crippen LogP contribution in [0.4, 0.5) is 18.9 Å². The van der Waals surface area contributed by atoms with Gasteiger partial charge in [0.2, 0.25) is 5.91 Å². The number of para-hydroxylation sites is 1. The molecule has 2 aromatic carbocycles. The lowest BCUT2D eigenvalue weighted by Crippen LogP contribution is -2.15. The van der Waals surface area contributed by atoms with Gasteiger partial charge in [0.25, 0.3) is 0 Å². The van der Waals surface area contributed by atoms with Crippen LogP contribution in [0.15, 0.2) is 48.5 Å². The number of hydrogen-bond acceptors (Lipinski definition) is 1. The van der Waals surface area contributed by atoms with E-state index in [1.54, 1.807) is 0 Å². The van der Waals surface area contributed by atoms with Crippen molar-refractivity contribution >= 4 is 11.6 Å². The van der Waals surface area contributed by atoms with Crippen molar-refractivity contribution in [3.05, 3.63) is 65.2 Å². The highest BCUT2D eigenvalue weighted by Gasteiger charge is 2.44. The van der Waals surface area contributed by atoms with Gasteiger partial charge < -0.3 is 5.32 Å². The van der Waals surface area contributed by atoms with Crippen molar-refractivity contribution < 1.29 is 18.0 Å². The van der Waals surface area contributed by atoms with Crippen LogP contribution in [0.5, 0.6) is 0 Å². The fourth-order valence-corrected chi connectivity index (χ4v) is 2.71. The zero-order chi connectivity index (χ0) is 16.6. The summed E-state index contributed by atoms with van der Waals surface area (Å²) in [5.41, 5.74) is 1.87. The Kier molecular flexibility index (Phi) is 3.88. The molecule has 5 heteroatoms. The molecule has 1 fully saturated rings. The summed E-state index contributed by atoms with van der Waals surface area (Å²) in [4.78, 5) is 12.2. The second-order valence-corrected chi connectivity index (χ2v) is 5.87. The third kappa shape index (κ3) is 3.38. The highest BCUT2D eigenvalue weighted by molar-refractivity contribution is 5.95. The summed E-state index contributed by atoms with van der Waals surface area (Å²) < 4.78 is 37.7. The SMILES string of the molecule is Cc1ccccc1NC(=O)C1CC1c1ccc(C(F)(F)F)cc1. The molecule has 2 nitrogen and oxygen atoms in total. The van der Waals surface area contributed by atoms with E-state index in [2.05, 4.69) is 5.32 Å². The number of hydrogen-bond donors (Lipinski definition) is 1. The first-order valence-corrected chi connectivity index (χ1v) is 7.40. The summed E-state index contributed by atoms with van der Waals surface area (Å²) in [6.45, 7) is 1.91. The van der Waals surface area contributed by atoms with Crippen LogP contribution in [0.25, 0.3) is 0 Å². The molecular formula is C18H16F3NO. The fraction of sp³-hybridized carbons (Fsp3) is 0.278. The van der Waals surface area contributed by atoms with Gasteiger partial charge in [-0.05, 0) is 48.6 Å². The molecule has 2 atom stereocenters. The normalized spacial score (nSPS) is 20.2. The fourth-order valence-electron chi connectivity index (χ4n) is 2.71.